The number of hydrogen-bond donors (Lipinski definition) is 1. The maximum atomic E-state index is 13.1. The van der Waals surface area contributed by atoms with Gasteiger partial charge in [-0.15, -0.1) is 0 Å². The van der Waals surface area contributed by atoms with Gasteiger partial charge in [0, 0.05) is 43.3 Å². The summed E-state index contributed by atoms with van der Waals surface area (Å²) in [6.45, 7) is 5.45. The van der Waals surface area contributed by atoms with E-state index in [1.807, 2.05) is 17.0 Å². The number of nitrogens with one attached hydrogen (secondary N) is 1. The first-order valence-corrected chi connectivity index (χ1v) is 10.1. The average molecular weight is 400 g/mol. The Morgan fingerprint density at radius 1 is 1.07 bits per heavy atom. The van der Waals surface area contributed by atoms with Crippen LogP contribution < -0.4 is 5.32 Å². The first-order chi connectivity index (χ1) is 13.6. The van der Waals surface area contributed by atoms with Crippen LogP contribution in [0.25, 0.3) is 0 Å². The van der Waals surface area contributed by atoms with Crippen LogP contribution in [-0.4, -0.2) is 54.3 Å². The van der Waals surface area contributed by atoms with E-state index in [1.165, 1.54) is 5.56 Å². The highest BCUT2D eigenvalue weighted by molar-refractivity contribution is 6.31. The van der Waals surface area contributed by atoms with Gasteiger partial charge in [-0.05, 0) is 35.7 Å². The SMILES string of the molecule is CCc1ccc(CN(CC(=O)N2CCNCC2)C(=O)c2cccc(Cl)c2)cc1. The first-order valence-electron chi connectivity index (χ1n) is 9.68. The van der Waals surface area contributed by atoms with Crippen molar-refractivity contribution in [3.8, 4) is 0 Å². The molecule has 2 aromatic rings. The van der Waals surface area contributed by atoms with Gasteiger partial charge in [0.2, 0.25) is 5.91 Å². The van der Waals surface area contributed by atoms with Crippen LogP contribution in [0.4, 0.5) is 0 Å². The van der Waals surface area contributed by atoms with Crippen LogP contribution in [0.2, 0.25) is 5.02 Å². The van der Waals surface area contributed by atoms with Crippen LogP contribution in [-0.2, 0) is 17.8 Å². The summed E-state index contributed by atoms with van der Waals surface area (Å²) in [7, 11) is 0. The van der Waals surface area contributed by atoms with Crippen molar-refractivity contribution in [3.05, 3.63) is 70.2 Å². The third kappa shape index (κ3) is 5.33. The minimum Gasteiger partial charge on any atom is -0.339 e. The zero-order valence-corrected chi connectivity index (χ0v) is 16.9. The molecule has 1 fully saturated rings. The van der Waals surface area contributed by atoms with Gasteiger partial charge in [0.1, 0.15) is 6.54 Å². The lowest BCUT2D eigenvalue weighted by molar-refractivity contribution is -0.132. The summed E-state index contributed by atoms with van der Waals surface area (Å²) in [5.74, 6) is -0.215. The fourth-order valence-corrected chi connectivity index (χ4v) is 3.47. The summed E-state index contributed by atoms with van der Waals surface area (Å²) in [5.41, 5.74) is 2.74. The van der Waals surface area contributed by atoms with Crippen LogP contribution in [0.5, 0.6) is 0 Å². The molecule has 1 aliphatic heterocycles. The summed E-state index contributed by atoms with van der Waals surface area (Å²) in [5, 5.41) is 3.75. The van der Waals surface area contributed by atoms with Gasteiger partial charge in [0.15, 0.2) is 0 Å². The van der Waals surface area contributed by atoms with E-state index in [9.17, 15) is 9.59 Å². The molecule has 2 aromatic carbocycles. The van der Waals surface area contributed by atoms with Crippen LogP contribution in [0.1, 0.15) is 28.4 Å². The fraction of sp³-hybridized carbons (Fsp3) is 0.364. The minimum atomic E-state index is -0.189. The molecule has 5 nitrogen and oxygen atoms in total. The van der Waals surface area contributed by atoms with Crippen molar-refractivity contribution in [2.75, 3.05) is 32.7 Å². The Bertz CT molecular complexity index is 817. The van der Waals surface area contributed by atoms with E-state index in [2.05, 4.69) is 24.4 Å². The molecule has 0 radical (unpaired) electrons. The number of nitrogens with zero attached hydrogens (tertiary/aromatic N) is 2. The monoisotopic (exact) mass is 399 g/mol. The van der Waals surface area contributed by atoms with E-state index < -0.39 is 0 Å². The van der Waals surface area contributed by atoms with Crippen molar-refractivity contribution in [1.29, 1.82) is 0 Å². The topological polar surface area (TPSA) is 52.7 Å². The molecule has 6 heteroatoms. The number of benzene rings is 2. The number of carbonyl (C=O) groups is 2. The minimum absolute atomic E-state index is 0.0259. The number of hydrogen-bond acceptors (Lipinski definition) is 3. The Hall–Kier alpha value is -2.37. The highest BCUT2D eigenvalue weighted by Crippen LogP contribution is 2.16. The molecular formula is C22H26ClN3O2. The molecule has 1 saturated heterocycles. The van der Waals surface area contributed by atoms with Crippen molar-refractivity contribution >= 4 is 23.4 Å². The van der Waals surface area contributed by atoms with Crippen molar-refractivity contribution in [3.63, 3.8) is 0 Å². The van der Waals surface area contributed by atoms with Crippen LogP contribution in [0.3, 0.4) is 0 Å². The maximum absolute atomic E-state index is 13.1. The number of halogens is 1. The van der Waals surface area contributed by atoms with Gasteiger partial charge in [0.25, 0.3) is 5.91 Å². The van der Waals surface area contributed by atoms with E-state index in [0.717, 1.165) is 25.1 Å². The Kier molecular flexibility index (Phi) is 7.06. The summed E-state index contributed by atoms with van der Waals surface area (Å²) in [6, 6.07) is 15.0. The maximum Gasteiger partial charge on any atom is 0.254 e. The number of amides is 2. The van der Waals surface area contributed by atoms with Gasteiger partial charge in [-0.1, -0.05) is 48.9 Å². The van der Waals surface area contributed by atoms with Crippen LogP contribution >= 0.6 is 11.6 Å². The Morgan fingerprint density at radius 3 is 2.39 bits per heavy atom. The largest absolute Gasteiger partial charge is 0.339 e. The zero-order valence-electron chi connectivity index (χ0n) is 16.2. The first kappa shape index (κ1) is 20.4. The van der Waals surface area contributed by atoms with Crippen molar-refractivity contribution in [1.82, 2.24) is 15.1 Å². The number of rotatable bonds is 6. The Morgan fingerprint density at radius 2 is 1.75 bits per heavy atom. The van der Waals surface area contributed by atoms with Gasteiger partial charge in [-0.2, -0.15) is 0 Å². The molecule has 0 atom stereocenters. The third-order valence-electron chi connectivity index (χ3n) is 4.96. The third-order valence-corrected chi connectivity index (χ3v) is 5.19. The number of carbonyl (C=O) groups excluding carboxylic acids is 2. The van der Waals surface area contributed by atoms with Crippen molar-refractivity contribution in [2.45, 2.75) is 19.9 Å². The fourth-order valence-electron chi connectivity index (χ4n) is 3.28. The normalized spacial score (nSPS) is 14.0. The average Bonchev–Trinajstić information content (AvgIpc) is 2.74. The second-order valence-corrected chi connectivity index (χ2v) is 7.41. The van der Waals surface area contributed by atoms with Crippen molar-refractivity contribution in [2.24, 2.45) is 0 Å². The van der Waals surface area contributed by atoms with E-state index in [-0.39, 0.29) is 18.4 Å². The summed E-state index contributed by atoms with van der Waals surface area (Å²) in [4.78, 5) is 29.3. The predicted molar refractivity (Wildman–Crippen MR) is 111 cm³/mol. The van der Waals surface area contributed by atoms with E-state index in [0.29, 0.717) is 30.2 Å². The van der Waals surface area contributed by atoms with Crippen LogP contribution in [0, 0.1) is 0 Å². The summed E-state index contributed by atoms with van der Waals surface area (Å²) < 4.78 is 0. The van der Waals surface area contributed by atoms with Gasteiger partial charge >= 0.3 is 0 Å². The molecule has 148 valence electrons. The highest BCUT2D eigenvalue weighted by atomic mass is 35.5. The lowest BCUT2D eigenvalue weighted by Crippen LogP contribution is -2.50. The number of piperazine rings is 1. The standard InChI is InChI=1S/C22H26ClN3O2/c1-2-17-6-8-18(9-7-17)15-26(16-21(27)25-12-10-24-11-13-25)22(28)19-4-3-5-20(23)14-19/h3-9,14,24H,2,10-13,15-16H2,1H3. The Labute approximate surface area is 171 Å². The second kappa shape index (κ2) is 9.71. The molecular weight excluding hydrogens is 374 g/mol. The van der Waals surface area contributed by atoms with E-state index in [4.69, 9.17) is 11.6 Å². The summed E-state index contributed by atoms with van der Waals surface area (Å²) in [6.07, 6.45) is 0.965. The van der Waals surface area contributed by atoms with Gasteiger partial charge in [-0.3, -0.25) is 9.59 Å². The quantitative estimate of drug-likeness (QED) is 0.812. The molecule has 0 unspecified atom stereocenters. The molecule has 1 heterocycles. The highest BCUT2D eigenvalue weighted by Gasteiger charge is 2.23. The smallest absolute Gasteiger partial charge is 0.254 e. The molecule has 0 aromatic heterocycles. The van der Waals surface area contributed by atoms with E-state index in [1.54, 1.807) is 29.2 Å². The molecule has 0 saturated carbocycles. The van der Waals surface area contributed by atoms with Crippen molar-refractivity contribution < 1.29 is 9.59 Å². The Balaban J connectivity index is 1.79. The molecule has 28 heavy (non-hydrogen) atoms. The van der Waals surface area contributed by atoms with Gasteiger partial charge in [-0.25, -0.2) is 0 Å². The lowest BCUT2D eigenvalue weighted by Gasteiger charge is -2.30. The molecule has 3 rings (SSSR count). The molecule has 2 amide bonds. The van der Waals surface area contributed by atoms with Gasteiger partial charge < -0.3 is 15.1 Å². The summed E-state index contributed by atoms with van der Waals surface area (Å²) >= 11 is 6.06. The van der Waals surface area contributed by atoms with Gasteiger partial charge in [0.05, 0.1) is 0 Å². The molecule has 0 aliphatic carbocycles. The molecule has 1 N–H and O–H groups in total. The number of aryl methyl sites for hydroxylation is 1. The predicted octanol–water partition coefficient (Wildman–Crippen LogP) is 2.98. The molecule has 0 bridgehead atoms. The second-order valence-electron chi connectivity index (χ2n) is 6.97. The zero-order chi connectivity index (χ0) is 19.9. The molecule has 1 aliphatic rings. The van der Waals surface area contributed by atoms with Crippen LogP contribution in [0.15, 0.2) is 48.5 Å². The van der Waals surface area contributed by atoms with E-state index >= 15 is 0 Å². The lowest BCUT2D eigenvalue weighted by atomic mass is 10.1. The molecule has 0 spiro atoms.